The van der Waals surface area contributed by atoms with Gasteiger partial charge in [-0.3, -0.25) is 0 Å². The fourth-order valence-corrected chi connectivity index (χ4v) is 4.59. The van der Waals surface area contributed by atoms with Crippen molar-refractivity contribution in [3.63, 3.8) is 0 Å². The fraction of sp³-hybridized carbons (Fsp3) is 0.280. The Morgan fingerprint density at radius 3 is 2.33 bits per heavy atom. The average molecular weight is 460 g/mol. The van der Waals surface area contributed by atoms with E-state index >= 15 is 0 Å². The van der Waals surface area contributed by atoms with Crippen LogP contribution in [0.4, 0.5) is 0 Å². The fourth-order valence-electron chi connectivity index (χ4n) is 3.95. The molecule has 1 unspecified atom stereocenters. The third-order valence-corrected chi connectivity index (χ3v) is 6.48. The summed E-state index contributed by atoms with van der Waals surface area (Å²) in [7, 11) is 0. The Morgan fingerprint density at radius 2 is 1.63 bits per heavy atom. The molecule has 3 aromatic carbocycles. The van der Waals surface area contributed by atoms with Crippen LogP contribution in [0.5, 0.6) is 0 Å². The topological polar surface area (TPSA) is 15.3 Å². The largest absolute Gasteiger partial charge is 0.247 e. The molecule has 4 rings (SSSR count). The zero-order chi connectivity index (χ0) is 21.3. The van der Waals surface area contributed by atoms with Crippen molar-refractivity contribution < 1.29 is 0 Å². The molecule has 0 amide bonds. The SMILES string of the molecule is CC(C)c1ccc(CN2CCC(c3ccc(Cl)cc3)N2)c(-c2ccc(Cl)cc2Cl)c1. The van der Waals surface area contributed by atoms with Crippen LogP contribution in [0.2, 0.25) is 15.1 Å². The molecule has 0 bridgehead atoms. The summed E-state index contributed by atoms with van der Waals surface area (Å²) in [6.07, 6.45) is 1.06. The molecule has 1 heterocycles. The molecule has 156 valence electrons. The molecule has 0 aliphatic carbocycles. The monoisotopic (exact) mass is 458 g/mol. The zero-order valence-electron chi connectivity index (χ0n) is 17.1. The van der Waals surface area contributed by atoms with Gasteiger partial charge in [-0.05, 0) is 58.9 Å². The summed E-state index contributed by atoms with van der Waals surface area (Å²) in [6.45, 7) is 6.20. The van der Waals surface area contributed by atoms with Gasteiger partial charge < -0.3 is 0 Å². The molecule has 0 saturated carbocycles. The molecule has 30 heavy (non-hydrogen) atoms. The second-order valence-corrected chi connectivity index (χ2v) is 9.42. The van der Waals surface area contributed by atoms with Crippen molar-refractivity contribution >= 4 is 34.8 Å². The van der Waals surface area contributed by atoms with E-state index in [2.05, 4.69) is 54.6 Å². The number of hydrazine groups is 1. The molecule has 1 aliphatic rings. The van der Waals surface area contributed by atoms with Gasteiger partial charge in [0, 0.05) is 39.8 Å². The summed E-state index contributed by atoms with van der Waals surface area (Å²) in [5.74, 6) is 0.447. The summed E-state index contributed by atoms with van der Waals surface area (Å²) in [5, 5.41) is 4.38. The van der Waals surface area contributed by atoms with Gasteiger partial charge in [-0.1, -0.05) is 85.0 Å². The molecule has 3 aromatic rings. The van der Waals surface area contributed by atoms with Crippen molar-refractivity contribution in [2.75, 3.05) is 6.54 Å². The van der Waals surface area contributed by atoms with E-state index in [9.17, 15) is 0 Å². The molecule has 1 fully saturated rings. The van der Waals surface area contributed by atoms with Crippen LogP contribution >= 0.6 is 34.8 Å². The second-order valence-electron chi connectivity index (χ2n) is 8.14. The molecular formula is C25H25Cl3N2. The Morgan fingerprint density at radius 1 is 0.900 bits per heavy atom. The van der Waals surface area contributed by atoms with E-state index < -0.39 is 0 Å². The lowest BCUT2D eigenvalue weighted by Crippen LogP contribution is -2.31. The molecular weight excluding hydrogens is 435 g/mol. The molecule has 1 atom stereocenters. The zero-order valence-corrected chi connectivity index (χ0v) is 19.4. The minimum absolute atomic E-state index is 0.305. The Balaban J connectivity index is 1.60. The number of benzene rings is 3. The van der Waals surface area contributed by atoms with E-state index in [1.54, 1.807) is 0 Å². The van der Waals surface area contributed by atoms with Gasteiger partial charge in [0.25, 0.3) is 0 Å². The van der Waals surface area contributed by atoms with Crippen LogP contribution in [0.1, 0.15) is 48.9 Å². The van der Waals surface area contributed by atoms with Crippen LogP contribution in [0.3, 0.4) is 0 Å². The number of halogens is 3. The maximum absolute atomic E-state index is 6.58. The highest BCUT2D eigenvalue weighted by atomic mass is 35.5. The van der Waals surface area contributed by atoms with Gasteiger partial charge in [-0.15, -0.1) is 0 Å². The van der Waals surface area contributed by atoms with Crippen molar-refractivity contribution in [2.45, 2.75) is 38.8 Å². The third kappa shape index (κ3) is 4.85. The van der Waals surface area contributed by atoms with E-state index in [4.69, 9.17) is 34.8 Å². The van der Waals surface area contributed by atoms with Gasteiger partial charge >= 0.3 is 0 Å². The molecule has 0 radical (unpaired) electrons. The van der Waals surface area contributed by atoms with Crippen LogP contribution < -0.4 is 5.43 Å². The summed E-state index contributed by atoms with van der Waals surface area (Å²) in [4.78, 5) is 0. The molecule has 2 nitrogen and oxygen atoms in total. The minimum atomic E-state index is 0.305. The maximum Gasteiger partial charge on any atom is 0.0499 e. The van der Waals surface area contributed by atoms with Crippen LogP contribution in [0, 0.1) is 0 Å². The molecule has 5 heteroatoms. The quantitative estimate of drug-likeness (QED) is 0.417. The predicted octanol–water partition coefficient (Wildman–Crippen LogP) is 7.89. The Hall–Kier alpha value is -1.55. The molecule has 1 aliphatic heterocycles. The van der Waals surface area contributed by atoms with Gasteiger partial charge in [-0.25, -0.2) is 10.4 Å². The second kappa shape index (κ2) is 9.30. The first-order chi connectivity index (χ1) is 14.4. The lowest BCUT2D eigenvalue weighted by atomic mass is 9.93. The highest BCUT2D eigenvalue weighted by molar-refractivity contribution is 6.36. The lowest BCUT2D eigenvalue weighted by molar-refractivity contribution is 0.227. The average Bonchev–Trinajstić information content (AvgIpc) is 3.17. The van der Waals surface area contributed by atoms with Crippen LogP contribution in [-0.2, 0) is 6.54 Å². The van der Waals surface area contributed by atoms with E-state index in [0.29, 0.717) is 22.0 Å². The summed E-state index contributed by atoms with van der Waals surface area (Å²) in [6, 6.07) is 20.9. The van der Waals surface area contributed by atoms with Crippen molar-refractivity contribution in [1.82, 2.24) is 10.4 Å². The first-order valence-corrected chi connectivity index (χ1v) is 11.4. The normalized spacial score (nSPS) is 17.1. The maximum atomic E-state index is 6.58. The Bertz CT molecular complexity index is 1030. The Kier molecular flexibility index (Phi) is 6.72. The number of nitrogens with zero attached hydrogens (tertiary/aromatic N) is 1. The smallest absolute Gasteiger partial charge is 0.0499 e. The first kappa shape index (κ1) is 21.7. The highest BCUT2D eigenvalue weighted by Gasteiger charge is 2.24. The third-order valence-electron chi connectivity index (χ3n) is 5.68. The van der Waals surface area contributed by atoms with Gasteiger partial charge in [0.05, 0.1) is 0 Å². The van der Waals surface area contributed by atoms with Crippen molar-refractivity contribution in [2.24, 2.45) is 0 Å². The van der Waals surface area contributed by atoms with E-state index in [-0.39, 0.29) is 0 Å². The van der Waals surface area contributed by atoms with Crippen molar-refractivity contribution in [1.29, 1.82) is 0 Å². The highest BCUT2D eigenvalue weighted by Crippen LogP contribution is 2.35. The summed E-state index contributed by atoms with van der Waals surface area (Å²) < 4.78 is 0. The number of nitrogens with one attached hydrogen (secondary N) is 1. The summed E-state index contributed by atoms with van der Waals surface area (Å²) >= 11 is 18.8. The predicted molar refractivity (Wildman–Crippen MR) is 128 cm³/mol. The van der Waals surface area contributed by atoms with E-state index in [1.807, 2.05) is 30.3 Å². The van der Waals surface area contributed by atoms with Gasteiger partial charge in [0.1, 0.15) is 0 Å². The first-order valence-electron chi connectivity index (χ1n) is 10.3. The van der Waals surface area contributed by atoms with Crippen LogP contribution in [-0.4, -0.2) is 11.6 Å². The van der Waals surface area contributed by atoms with E-state index in [1.165, 1.54) is 22.3 Å². The molecule has 0 aromatic heterocycles. The number of hydrogen-bond acceptors (Lipinski definition) is 2. The van der Waals surface area contributed by atoms with Gasteiger partial charge in [0.2, 0.25) is 0 Å². The molecule has 1 N–H and O–H groups in total. The standard InChI is InChI=1S/C25H25Cl3N2/c1-16(2)18-3-4-19(23(13-18)22-10-9-21(27)14-24(22)28)15-30-12-11-25(29-30)17-5-7-20(26)8-6-17/h3-10,13-14,16,25,29H,11-12,15H2,1-2H3. The molecule has 1 saturated heterocycles. The van der Waals surface area contributed by atoms with Crippen LogP contribution in [0.15, 0.2) is 60.7 Å². The van der Waals surface area contributed by atoms with Crippen LogP contribution in [0.25, 0.3) is 11.1 Å². The number of hydrogen-bond donors (Lipinski definition) is 1. The van der Waals surface area contributed by atoms with Crippen molar-refractivity contribution in [3.8, 4) is 11.1 Å². The van der Waals surface area contributed by atoms with Gasteiger partial charge in [0.15, 0.2) is 0 Å². The summed E-state index contributed by atoms with van der Waals surface area (Å²) in [5.41, 5.74) is 9.64. The Labute approximate surface area is 193 Å². The molecule has 0 spiro atoms. The van der Waals surface area contributed by atoms with Crippen molar-refractivity contribution in [3.05, 3.63) is 92.4 Å². The van der Waals surface area contributed by atoms with E-state index in [0.717, 1.165) is 30.1 Å². The van der Waals surface area contributed by atoms with Gasteiger partial charge in [-0.2, -0.15) is 0 Å². The lowest BCUT2D eigenvalue weighted by Gasteiger charge is -2.21. The minimum Gasteiger partial charge on any atom is -0.247 e. The number of rotatable bonds is 5.